The van der Waals surface area contributed by atoms with Crippen LogP contribution >= 0.6 is 0 Å². The van der Waals surface area contributed by atoms with E-state index in [1.54, 1.807) is 6.92 Å². The summed E-state index contributed by atoms with van der Waals surface area (Å²) in [7, 11) is 0. The fraction of sp³-hybridized carbons (Fsp3) is 0.923. The molecule has 0 heterocycles. The van der Waals surface area contributed by atoms with E-state index in [0.29, 0.717) is 6.61 Å². The van der Waals surface area contributed by atoms with Crippen LogP contribution in [0.4, 0.5) is 0 Å². The van der Waals surface area contributed by atoms with Gasteiger partial charge < -0.3 is 15.2 Å². The lowest BCUT2D eigenvalue weighted by molar-refractivity contribution is -0.152. The van der Waals surface area contributed by atoms with Gasteiger partial charge in [-0.3, -0.25) is 4.79 Å². The Kier molecular flexibility index (Phi) is 7.39. The Balaban J connectivity index is 3.95. The van der Waals surface area contributed by atoms with Crippen LogP contribution in [-0.4, -0.2) is 30.3 Å². The summed E-state index contributed by atoms with van der Waals surface area (Å²) in [6.07, 6.45) is 2.72. The minimum Gasteiger partial charge on any atom is -0.464 e. The molecule has 2 unspecified atom stereocenters. The molecule has 0 spiro atoms. The average Bonchev–Trinajstić information content (AvgIpc) is 2.20. The van der Waals surface area contributed by atoms with Gasteiger partial charge in [0.25, 0.3) is 0 Å². The van der Waals surface area contributed by atoms with E-state index in [9.17, 15) is 4.79 Å². The number of esters is 1. The molecular formula is C13H27NO3. The monoisotopic (exact) mass is 245 g/mol. The third-order valence-electron chi connectivity index (χ3n) is 2.31. The molecule has 102 valence electrons. The van der Waals surface area contributed by atoms with Crippen molar-refractivity contribution in [1.82, 2.24) is 0 Å². The van der Waals surface area contributed by atoms with Crippen LogP contribution in [0.1, 0.15) is 53.9 Å². The highest BCUT2D eigenvalue weighted by Crippen LogP contribution is 2.12. The number of carbonyl (C=O) groups excluding carboxylic acids is 1. The quantitative estimate of drug-likeness (QED) is 0.552. The van der Waals surface area contributed by atoms with E-state index in [2.05, 4.69) is 6.92 Å². The average molecular weight is 245 g/mol. The second-order valence-electron chi connectivity index (χ2n) is 5.34. The molecule has 0 saturated heterocycles. The van der Waals surface area contributed by atoms with Crippen molar-refractivity contribution in [3.05, 3.63) is 0 Å². The smallest absolute Gasteiger partial charge is 0.325 e. The first kappa shape index (κ1) is 16.4. The topological polar surface area (TPSA) is 61.5 Å². The first-order valence-corrected chi connectivity index (χ1v) is 6.38. The van der Waals surface area contributed by atoms with Crippen LogP contribution in [0.25, 0.3) is 0 Å². The summed E-state index contributed by atoms with van der Waals surface area (Å²) in [6.45, 7) is 10.1. The molecule has 0 amide bonds. The van der Waals surface area contributed by atoms with E-state index in [4.69, 9.17) is 15.2 Å². The number of carbonyl (C=O) groups is 1. The Morgan fingerprint density at radius 3 is 2.35 bits per heavy atom. The van der Waals surface area contributed by atoms with Crippen LogP contribution in [-0.2, 0) is 14.3 Å². The molecule has 0 aromatic heterocycles. The predicted octanol–water partition coefficient (Wildman–Crippen LogP) is 2.25. The first-order chi connectivity index (χ1) is 7.78. The molecule has 0 aliphatic rings. The van der Waals surface area contributed by atoms with Crippen LogP contribution in [0, 0.1) is 0 Å². The summed E-state index contributed by atoms with van der Waals surface area (Å²) in [4.78, 5) is 11.6. The molecule has 0 radical (unpaired) electrons. The molecule has 0 fully saturated rings. The van der Waals surface area contributed by atoms with E-state index < -0.39 is 6.04 Å². The zero-order chi connectivity index (χ0) is 13.5. The maximum atomic E-state index is 11.6. The van der Waals surface area contributed by atoms with Gasteiger partial charge >= 0.3 is 5.97 Å². The molecule has 0 bridgehead atoms. The molecule has 0 aromatic carbocycles. The first-order valence-electron chi connectivity index (χ1n) is 6.38. The van der Waals surface area contributed by atoms with E-state index in [1.165, 1.54) is 0 Å². The summed E-state index contributed by atoms with van der Waals surface area (Å²) < 4.78 is 10.7. The lowest BCUT2D eigenvalue weighted by Gasteiger charge is -2.27. The second kappa shape index (κ2) is 7.67. The van der Waals surface area contributed by atoms with Crippen molar-refractivity contribution in [1.29, 1.82) is 0 Å². The number of unbranched alkanes of at least 4 members (excludes halogenated alkanes) is 2. The highest BCUT2D eigenvalue weighted by Gasteiger charge is 2.26. The van der Waals surface area contributed by atoms with Crippen molar-refractivity contribution in [3.8, 4) is 0 Å². The number of rotatable bonds is 7. The number of ether oxygens (including phenoxy) is 2. The van der Waals surface area contributed by atoms with Gasteiger partial charge in [-0.2, -0.15) is 0 Å². The summed E-state index contributed by atoms with van der Waals surface area (Å²) in [5.41, 5.74) is 5.48. The normalized spacial score (nSPS) is 15.4. The molecule has 17 heavy (non-hydrogen) atoms. The molecule has 2 N–H and O–H groups in total. The molecule has 0 saturated carbocycles. The molecule has 0 rings (SSSR count). The summed E-state index contributed by atoms with van der Waals surface area (Å²) in [5, 5.41) is 0. The minimum absolute atomic E-state index is 0.306. The van der Waals surface area contributed by atoms with Crippen molar-refractivity contribution in [2.45, 2.75) is 71.6 Å². The Morgan fingerprint density at radius 1 is 1.29 bits per heavy atom. The Hall–Kier alpha value is -0.610. The van der Waals surface area contributed by atoms with Crippen molar-refractivity contribution >= 4 is 5.97 Å². The summed E-state index contributed by atoms with van der Waals surface area (Å²) in [5.74, 6) is -0.377. The van der Waals surface area contributed by atoms with Crippen molar-refractivity contribution < 1.29 is 14.3 Å². The largest absolute Gasteiger partial charge is 0.464 e. The standard InChI is InChI=1S/C13H27NO3/c1-6-7-8-9-16-12(15)11(14)10(2)17-13(3,4)5/h10-11H,6-9,14H2,1-5H3. The van der Waals surface area contributed by atoms with Gasteiger partial charge in [0, 0.05) is 0 Å². The van der Waals surface area contributed by atoms with Gasteiger partial charge in [-0.15, -0.1) is 0 Å². The maximum Gasteiger partial charge on any atom is 0.325 e. The lowest BCUT2D eigenvalue weighted by Crippen LogP contribution is -2.45. The Bertz CT molecular complexity index is 223. The maximum absolute atomic E-state index is 11.6. The van der Waals surface area contributed by atoms with Crippen LogP contribution in [0.5, 0.6) is 0 Å². The van der Waals surface area contributed by atoms with Crippen LogP contribution in [0.15, 0.2) is 0 Å². The SMILES string of the molecule is CCCCCOC(=O)C(N)C(C)OC(C)(C)C. The number of nitrogens with two attached hydrogens (primary N) is 1. The van der Waals surface area contributed by atoms with E-state index in [1.807, 2.05) is 20.8 Å². The van der Waals surface area contributed by atoms with Crippen molar-refractivity contribution in [3.63, 3.8) is 0 Å². The van der Waals surface area contributed by atoms with E-state index in [0.717, 1.165) is 19.3 Å². The molecule has 2 atom stereocenters. The molecule has 4 heteroatoms. The zero-order valence-electron chi connectivity index (χ0n) is 11.8. The minimum atomic E-state index is -0.712. The molecule has 0 aromatic rings. The van der Waals surface area contributed by atoms with Gasteiger partial charge in [0.05, 0.1) is 18.3 Å². The molecule has 0 aliphatic carbocycles. The number of hydrogen-bond acceptors (Lipinski definition) is 4. The van der Waals surface area contributed by atoms with Crippen LogP contribution < -0.4 is 5.73 Å². The fourth-order valence-corrected chi connectivity index (χ4v) is 1.44. The van der Waals surface area contributed by atoms with E-state index in [-0.39, 0.29) is 17.7 Å². The van der Waals surface area contributed by atoms with Gasteiger partial charge in [0.1, 0.15) is 6.04 Å². The molecular weight excluding hydrogens is 218 g/mol. The van der Waals surface area contributed by atoms with Gasteiger partial charge in [0.2, 0.25) is 0 Å². The Labute approximate surface area is 105 Å². The van der Waals surface area contributed by atoms with Gasteiger partial charge in [-0.05, 0) is 34.1 Å². The van der Waals surface area contributed by atoms with E-state index >= 15 is 0 Å². The van der Waals surface area contributed by atoms with Crippen molar-refractivity contribution in [2.75, 3.05) is 6.61 Å². The summed E-state index contributed by atoms with van der Waals surface area (Å²) in [6, 6.07) is -0.712. The highest BCUT2D eigenvalue weighted by molar-refractivity contribution is 5.76. The highest BCUT2D eigenvalue weighted by atomic mass is 16.5. The fourth-order valence-electron chi connectivity index (χ4n) is 1.44. The molecule has 4 nitrogen and oxygen atoms in total. The van der Waals surface area contributed by atoms with Gasteiger partial charge in [-0.25, -0.2) is 0 Å². The third kappa shape index (κ3) is 8.16. The lowest BCUT2D eigenvalue weighted by atomic mass is 10.1. The second-order valence-corrected chi connectivity index (χ2v) is 5.34. The van der Waals surface area contributed by atoms with Crippen molar-refractivity contribution in [2.24, 2.45) is 5.73 Å². The van der Waals surface area contributed by atoms with Crippen LogP contribution in [0.2, 0.25) is 0 Å². The summed E-state index contributed by atoms with van der Waals surface area (Å²) >= 11 is 0. The molecule has 0 aliphatic heterocycles. The third-order valence-corrected chi connectivity index (χ3v) is 2.31. The zero-order valence-corrected chi connectivity index (χ0v) is 11.8. The van der Waals surface area contributed by atoms with Crippen LogP contribution in [0.3, 0.4) is 0 Å². The van der Waals surface area contributed by atoms with Gasteiger partial charge in [-0.1, -0.05) is 19.8 Å². The Morgan fingerprint density at radius 2 is 1.88 bits per heavy atom. The van der Waals surface area contributed by atoms with Gasteiger partial charge in [0.15, 0.2) is 0 Å². The number of hydrogen-bond donors (Lipinski definition) is 1. The predicted molar refractivity (Wildman–Crippen MR) is 68.8 cm³/mol.